The second-order valence-corrected chi connectivity index (χ2v) is 7.41. The Kier molecular flexibility index (Phi) is 9.38. The highest BCUT2D eigenvalue weighted by Crippen LogP contribution is 2.14. The fourth-order valence-electron chi connectivity index (χ4n) is 3.11. The number of aliphatic imine (C=N–C) groups is 1. The Morgan fingerprint density at radius 1 is 1.29 bits per heavy atom. The number of carbonyl (C=O) groups excluding carboxylic acids is 1. The largest absolute Gasteiger partial charge is 0.352 e. The molecule has 31 heavy (non-hydrogen) atoms. The van der Waals surface area contributed by atoms with E-state index in [1.807, 2.05) is 60.1 Å². The summed E-state index contributed by atoms with van der Waals surface area (Å²) >= 11 is 6.07. The number of hydrogen-bond donors (Lipinski definition) is 2. The Hall–Kier alpha value is -2.53. The third-order valence-electron chi connectivity index (χ3n) is 4.57. The smallest absolute Gasteiger partial charge is 0.246 e. The summed E-state index contributed by atoms with van der Waals surface area (Å²) in [6.45, 7) is 1.43. The number of halogens is 2. The second-order valence-electron chi connectivity index (χ2n) is 6.97. The van der Waals surface area contributed by atoms with E-state index in [1.165, 1.54) is 0 Å². The minimum Gasteiger partial charge on any atom is -0.352 e. The van der Waals surface area contributed by atoms with Crippen LogP contribution in [0.3, 0.4) is 0 Å². The first-order valence-corrected chi connectivity index (χ1v) is 9.91. The SMILES string of the molecule is CN=C(NCc1cccc(NC(=O)Cn2cccn2)c1)N(C)Cc1cc(Cl)cn1C.I. The maximum absolute atomic E-state index is 12.2. The molecule has 0 spiro atoms. The third-order valence-corrected chi connectivity index (χ3v) is 4.78. The predicted molar refractivity (Wildman–Crippen MR) is 135 cm³/mol. The van der Waals surface area contributed by atoms with Crippen molar-refractivity contribution >= 4 is 53.1 Å². The van der Waals surface area contributed by atoms with Crippen LogP contribution in [0.15, 0.2) is 60.0 Å². The van der Waals surface area contributed by atoms with E-state index in [0.29, 0.717) is 13.1 Å². The molecule has 0 radical (unpaired) electrons. The summed E-state index contributed by atoms with van der Waals surface area (Å²) in [4.78, 5) is 18.6. The Labute approximate surface area is 204 Å². The Balaban J connectivity index is 0.00000341. The highest BCUT2D eigenvalue weighted by atomic mass is 127. The number of aryl methyl sites for hydroxylation is 1. The molecule has 0 aliphatic rings. The van der Waals surface area contributed by atoms with Gasteiger partial charge in [-0.15, -0.1) is 24.0 Å². The van der Waals surface area contributed by atoms with Crippen molar-refractivity contribution in [1.82, 2.24) is 24.6 Å². The maximum atomic E-state index is 12.2. The van der Waals surface area contributed by atoms with Crippen molar-refractivity contribution in [2.24, 2.45) is 12.0 Å². The quantitative estimate of drug-likeness (QED) is 0.266. The molecule has 10 heteroatoms. The minimum atomic E-state index is -0.124. The van der Waals surface area contributed by atoms with Gasteiger partial charge in [0.25, 0.3) is 0 Å². The lowest BCUT2D eigenvalue weighted by atomic mass is 10.2. The van der Waals surface area contributed by atoms with Gasteiger partial charge in [-0.05, 0) is 29.8 Å². The third kappa shape index (κ3) is 7.28. The molecular weight excluding hydrogens is 529 g/mol. The number of hydrogen-bond acceptors (Lipinski definition) is 3. The molecule has 2 aromatic heterocycles. The summed E-state index contributed by atoms with van der Waals surface area (Å²) < 4.78 is 3.59. The van der Waals surface area contributed by atoms with Crippen molar-refractivity contribution in [3.8, 4) is 0 Å². The summed E-state index contributed by atoms with van der Waals surface area (Å²) in [6, 6.07) is 11.5. The van der Waals surface area contributed by atoms with Crippen LogP contribution in [0.5, 0.6) is 0 Å². The Morgan fingerprint density at radius 3 is 2.74 bits per heavy atom. The molecule has 3 rings (SSSR count). The number of nitrogens with one attached hydrogen (secondary N) is 2. The van der Waals surface area contributed by atoms with Crippen LogP contribution in [0.4, 0.5) is 5.69 Å². The molecule has 1 aromatic carbocycles. The van der Waals surface area contributed by atoms with Gasteiger partial charge in [-0.25, -0.2) is 0 Å². The van der Waals surface area contributed by atoms with Crippen LogP contribution in [0.1, 0.15) is 11.3 Å². The van der Waals surface area contributed by atoms with Gasteiger partial charge in [0.2, 0.25) is 5.91 Å². The molecule has 0 atom stereocenters. The van der Waals surface area contributed by atoms with Gasteiger partial charge >= 0.3 is 0 Å². The van der Waals surface area contributed by atoms with Gasteiger partial charge in [0, 0.05) is 57.7 Å². The van der Waals surface area contributed by atoms with Crippen molar-refractivity contribution in [3.63, 3.8) is 0 Å². The van der Waals surface area contributed by atoms with Crippen LogP contribution < -0.4 is 10.6 Å². The highest BCUT2D eigenvalue weighted by molar-refractivity contribution is 14.0. The zero-order chi connectivity index (χ0) is 21.5. The molecule has 0 bridgehead atoms. The van der Waals surface area contributed by atoms with Crippen molar-refractivity contribution in [3.05, 3.63) is 71.3 Å². The van der Waals surface area contributed by atoms with Gasteiger partial charge in [-0.2, -0.15) is 5.10 Å². The van der Waals surface area contributed by atoms with Crippen molar-refractivity contribution in [2.75, 3.05) is 19.4 Å². The molecule has 0 aliphatic heterocycles. The zero-order valence-corrected chi connectivity index (χ0v) is 20.8. The first-order valence-electron chi connectivity index (χ1n) is 9.53. The molecule has 3 aromatic rings. The lowest BCUT2D eigenvalue weighted by molar-refractivity contribution is -0.116. The molecule has 0 saturated carbocycles. The van der Waals surface area contributed by atoms with E-state index in [9.17, 15) is 4.79 Å². The zero-order valence-electron chi connectivity index (χ0n) is 17.7. The molecule has 166 valence electrons. The normalized spacial score (nSPS) is 11.0. The summed E-state index contributed by atoms with van der Waals surface area (Å²) in [5.41, 5.74) is 2.86. The molecule has 0 unspecified atom stereocenters. The van der Waals surface area contributed by atoms with E-state index in [-0.39, 0.29) is 36.4 Å². The molecule has 0 aliphatic carbocycles. The number of anilines is 1. The van der Waals surface area contributed by atoms with Gasteiger partial charge in [0.1, 0.15) is 6.54 Å². The predicted octanol–water partition coefficient (Wildman–Crippen LogP) is 3.34. The average molecular weight is 556 g/mol. The number of benzene rings is 1. The number of carbonyl (C=O) groups is 1. The van der Waals surface area contributed by atoms with Crippen LogP contribution >= 0.6 is 35.6 Å². The van der Waals surface area contributed by atoms with E-state index < -0.39 is 0 Å². The van der Waals surface area contributed by atoms with Gasteiger partial charge in [0.15, 0.2) is 5.96 Å². The number of guanidine groups is 1. The van der Waals surface area contributed by atoms with Gasteiger partial charge in [0.05, 0.1) is 11.6 Å². The fraction of sp³-hybridized carbons (Fsp3) is 0.286. The molecular formula is C21H27ClIN7O. The topological polar surface area (TPSA) is 79.5 Å². The first kappa shape index (κ1) is 24.7. The summed E-state index contributed by atoms with van der Waals surface area (Å²) in [6.07, 6.45) is 5.29. The van der Waals surface area contributed by atoms with Crippen LogP contribution in [0.2, 0.25) is 5.02 Å². The summed E-state index contributed by atoms with van der Waals surface area (Å²) in [7, 11) is 5.70. The van der Waals surface area contributed by atoms with Crippen LogP contribution in [0.25, 0.3) is 0 Å². The lowest BCUT2D eigenvalue weighted by Crippen LogP contribution is -2.38. The molecule has 0 saturated heterocycles. The second kappa shape index (κ2) is 11.8. The van der Waals surface area contributed by atoms with E-state index in [1.54, 1.807) is 30.2 Å². The van der Waals surface area contributed by atoms with Crippen LogP contribution in [-0.4, -0.2) is 45.2 Å². The first-order chi connectivity index (χ1) is 14.4. The van der Waals surface area contributed by atoms with E-state index in [4.69, 9.17) is 11.6 Å². The number of amides is 1. The van der Waals surface area contributed by atoms with Gasteiger partial charge < -0.3 is 20.1 Å². The van der Waals surface area contributed by atoms with Crippen molar-refractivity contribution in [2.45, 2.75) is 19.6 Å². The van der Waals surface area contributed by atoms with Crippen molar-refractivity contribution in [1.29, 1.82) is 0 Å². The summed E-state index contributed by atoms with van der Waals surface area (Å²) in [5, 5.41) is 11.0. The Morgan fingerprint density at radius 2 is 2.10 bits per heavy atom. The standard InChI is InChI=1S/C21H26ClN7O.HI/c1-23-21(28(3)14-19-11-17(22)13-27(19)2)24-12-16-6-4-7-18(10-16)26-20(30)15-29-9-5-8-25-29;/h4-11,13H,12,14-15H2,1-3H3,(H,23,24)(H,26,30);1H. The molecule has 2 N–H and O–H groups in total. The van der Waals surface area contributed by atoms with E-state index >= 15 is 0 Å². The van der Waals surface area contributed by atoms with E-state index in [0.717, 1.165) is 27.9 Å². The Bertz CT molecular complexity index is 1020. The molecule has 1 amide bonds. The minimum absolute atomic E-state index is 0. The summed E-state index contributed by atoms with van der Waals surface area (Å²) in [5.74, 6) is 0.640. The maximum Gasteiger partial charge on any atom is 0.246 e. The number of rotatable bonds is 7. The molecule has 2 heterocycles. The monoisotopic (exact) mass is 555 g/mol. The van der Waals surface area contributed by atoms with E-state index in [2.05, 4.69) is 20.7 Å². The van der Waals surface area contributed by atoms with Crippen molar-refractivity contribution < 1.29 is 4.79 Å². The fourth-order valence-corrected chi connectivity index (χ4v) is 3.38. The lowest BCUT2D eigenvalue weighted by Gasteiger charge is -2.22. The number of nitrogens with zero attached hydrogens (tertiary/aromatic N) is 5. The molecule has 0 fully saturated rings. The molecule has 8 nitrogen and oxygen atoms in total. The average Bonchev–Trinajstić information content (AvgIpc) is 3.31. The van der Waals surface area contributed by atoms with Gasteiger partial charge in [-0.1, -0.05) is 23.7 Å². The number of aromatic nitrogens is 3. The van der Waals surface area contributed by atoms with Gasteiger partial charge in [-0.3, -0.25) is 14.5 Å². The highest BCUT2D eigenvalue weighted by Gasteiger charge is 2.10. The van der Waals surface area contributed by atoms with Crippen LogP contribution in [-0.2, 0) is 31.5 Å². The van der Waals surface area contributed by atoms with Crippen LogP contribution in [0, 0.1) is 0 Å².